The molecule has 2 aromatic carbocycles. The molecule has 1 aliphatic carbocycles. The highest BCUT2D eigenvalue weighted by atomic mass is 35.5. The Hall–Kier alpha value is -4.40. The third-order valence-electron chi connectivity index (χ3n) is 9.30. The molecule has 0 spiro atoms. The number of piperazine rings is 1. The van der Waals surface area contributed by atoms with Crippen LogP contribution < -0.4 is 10.2 Å². The van der Waals surface area contributed by atoms with Gasteiger partial charge in [0.2, 0.25) is 5.95 Å². The van der Waals surface area contributed by atoms with Crippen LogP contribution in [-0.2, 0) is 4.79 Å². The number of aromatic nitrogens is 3. The average molecular weight is 643 g/mol. The second-order valence-corrected chi connectivity index (χ2v) is 12.7. The smallest absolute Gasteiger partial charge is 0.282 e. The summed E-state index contributed by atoms with van der Waals surface area (Å²) in [7, 11) is 0. The molecule has 2 aliphatic heterocycles. The fourth-order valence-electron chi connectivity index (χ4n) is 6.81. The topological polar surface area (TPSA) is 101 Å². The number of rotatable bonds is 7. The Labute approximate surface area is 270 Å². The highest BCUT2D eigenvalue weighted by molar-refractivity contribution is 6.36. The van der Waals surface area contributed by atoms with E-state index in [1.54, 1.807) is 18.3 Å². The summed E-state index contributed by atoms with van der Waals surface area (Å²) >= 11 is 6.59. The number of nitriles is 1. The molecule has 4 aromatic rings. The molecule has 9 nitrogen and oxygen atoms in total. The van der Waals surface area contributed by atoms with Crippen molar-refractivity contribution in [2.45, 2.75) is 50.2 Å². The molecule has 0 unspecified atom stereocenters. The van der Waals surface area contributed by atoms with Gasteiger partial charge in [-0.05, 0) is 37.1 Å². The maximum atomic E-state index is 16.7. The highest BCUT2D eigenvalue weighted by Gasteiger charge is 2.35. The zero-order valence-electron chi connectivity index (χ0n) is 25.2. The number of likely N-dealkylation sites (tertiary alicyclic amines) is 1. The molecule has 3 aliphatic rings. The van der Waals surface area contributed by atoms with Gasteiger partial charge in [-0.25, -0.2) is 13.8 Å². The van der Waals surface area contributed by atoms with Gasteiger partial charge in [0.05, 0.1) is 23.9 Å². The SMILES string of the molecule is C=C(F)C(=O)N1CCN(c2nc(NC3CCN(C4CC4)CC3)nc3c(F)c(-c4cccc5cccc(Cl)c45)ncc23)C[C@@H]1CC#N. The lowest BCUT2D eigenvalue weighted by Gasteiger charge is -2.41. The molecule has 46 heavy (non-hydrogen) atoms. The van der Waals surface area contributed by atoms with Crippen molar-refractivity contribution in [1.82, 2.24) is 24.8 Å². The monoisotopic (exact) mass is 642 g/mol. The molecule has 1 atom stereocenters. The Balaban J connectivity index is 1.30. The summed E-state index contributed by atoms with van der Waals surface area (Å²) in [6.45, 7) is 5.74. The molecule has 0 bridgehead atoms. The van der Waals surface area contributed by atoms with E-state index in [0.29, 0.717) is 39.2 Å². The quantitative estimate of drug-likeness (QED) is 0.242. The predicted octanol–water partition coefficient (Wildman–Crippen LogP) is 6.09. The fraction of sp³-hybridized carbons (Fsp3) is 0.382. The minimum absolute atomic E-state index is 0.0121. The summed E-state index contributed by atoms with van der Waals surface area (Å²) in [5.74, 6) is -1.78. The van der Waals surface area contributed by atoms with Crippen LogP contribution in [-0.4, -0.2) is 81.5 Å². The molecule has 1 amide bonds. The third kappa shape index (κ3) is 5.72. The zero-order valence-corrected chi connectivity index (χ0v) is 26.0. The Kier molecular flexibility index (Phi) is 8.17. The third-order valence-corrected chi connectivity index (χ3v) is 9.62. The molecule has 3 fully saturated rings. The Morgan fingerprint density at radius 3 is 2.57 bits per heavy atom. The van der Waals surface area contributed by atoms with Crippen LogP contribution in [0.15, 0.2) is 55.0 Å². The van der Waals surface area contributed by atoms with E-state index in [4.69, 9.17) is 21.6 Å². The van der Waals surface area contributed by atoms with E-state index >= 15 is 4.39 Å². The van der Waals surface area contributed by atoms with Crippen LogP contribution >= 0.6 is 11.6 Å². The lowest BCUT2D eigenvalue weighted by molar-refractivity contribution is -0.131. The number of nitrogens with zero attached hydrogens (tertiary/aromatic N) is 7. The van der Waals surface area contributed by atoms with E-state index in [9.17, 15) is 14.4 Å². The lowest BCUT2D eigenvalue weighted by Crippen LogP contribution is -2.55. The molecule has 7 rings (SSSR count). The first kappa shape index (κ1) is 30.3. The summed E-state index contributed by atoms with van der Waals surface area (Å²) in [5.41, 5.74) is 0.778. The summed E-state index contributed by atoms with van der Waals surface area (Å²) < 4.78 is 30.6. The Morgan fingerprint density at radius 1 is 1.09 bits per heavy atom. The maximum Gasteiger partial charge on any atom is 0.282 e. The number of nitrogens with one attached hydrogen (secondary N) is 1. The summed E-state index contributed by atoms with van der Waals surface area (Å²) in [6, 6.07) is 13.4. The largest absolute Gasteiger partial charge is 0.352 e. The number of anilines is 2. The van der Waals surface area contributed by atoms with Gasteiger partial charge in [0.15, 0.2) is 11.6 Å². The number of hydrogen-bond acceptors (Lipinski definition) is 8. The summed E-state index contributed by atoms with van der Waals surface area (Å²) in [5, 5.41) is 15.4. The van der Waals surface area contributed by atoms with Crippen molar-refractivity contribution >= 4 is 50.9 Å². The number of pyridine rings is 1. The number of amides is 1. The molecule has 1 saturated carbocycles. The van der Waals surface area contributed by atoms with Crippen LogP contribution in [0.1, 0.15) is 32.1 Å². The number of piperidine rings is 1. The Morgan fingerprint density at radius 2 is 1.85 bits per heavy atom. The maximum absolute atomic E-state index is 16.7. The second-order valence-electron chi connectivity index (χ2n) is 12.2. The second kappa shape index (κ2) is 12.4. The molecule has 2 aromatic heterocycles. The standard InChI is InChI=1S/C34H33ClF2N8O/c1-20(36)33(46)45-17-16-44(19-24(45)10-13-38)32-26-18-39-30(25-6-2-4-21-5-3-7-27(35)28(21)25)29(37)31(26)41-34(42-32)40-22-11-14-43(15-12-22)23-8-9-23/h2-7,18,22-24H,1,8-12,14-17,19H2,(H,40,41,42)/t24-/m0/s1. The summed E-state index contributed by atoms with van der Waals surface area (Å²) in [4.78, 5) is 32.5. The molecular weight excluding hydrogens is 610 g/mol. The van der Waals surface area contributed by atoms with Gasteiger partial charge in [-0.2, -0.15) is 10.2 Å². The number of carbonyl (C=O) groups excluding carboxylic acids is 1. The molecular formula is C34H33ClF2N8O. The minimum atomic E-state index is -1.07. The van der Waals surface area contributed by atoms with Crippen LogP contribution in [0.25, 0.3) is 32.9 Å². The number of carbonyl (C=O) groups is 1. The van der Waals surface area contributed by atoms with Gasteiger partial charge in [-0.1, -0.05) is 48.5 Å². The van der Waals surface area contributed by atoms with Crippen molar-refractivity contribution in [3.05, 3.63) is 65.8 Å². The van der Waals surface area contributed by atoms with E-state index < -0.39 is 23.6 Å². The van der Waals surface area contributed by atoms with E-state index in [0.717, 1.165) is 31.3 Å². The number of halogens is 3. The molecule has 0 radical (unpaired) electrons. The van der Waals surface area contributed by atoms with Crippen LogP contribution in [0.2, 0.25) is 5.02 Å². The van der Waals surface area contributed by atoms with E-state index in [-0.39, 0.29) is 43.3 Å². The van der Waals surface area contributed by atoms with Gasteiger partial charge < -0.3 is 20.0 Å². The van der Waals surface area contributed by atoms with Crippen LogP contribution in [0.5, 0.6) is 0 Å². The van der Waals surface area contributed by atoms with Gasteiger partial charge in [0, 0.05) is 67.0 Å². The number of benzene rings is 2. The van der Waals surface area contributed by atoms with E-state index in [1.165, 1.54) is 17.7 Å². The summed E-state index contributed by atoms with van der Waals surface area (Å²) in [6.07, 6.45) is 5.92. The minimum Gasteiger partial charge on any atom is -0.352 e. The highest BCUT2D eigenvalue weighted by Crippen LogP contribution is 2.38. The predicted molar refractivity (Wildman–Crippen MR) is 175 cm³/mol. The molecule has 236 valence electrons. The van der Waals surface area contributed by atoms with Crippen molar-refractivity contribution in [2.75, 3.05) is 42.9 Å². The number of hydrogen-bond donors (Lipinski definition) is 1. The first-order chi connectivity index (χ1) is 22.3. The van der Waals surface area contributed by atoms with Crippen LogP contribution in [0.4, 0.5) is 20.5 Å². The molecule has 4 heterocycles. The first-order valence-corrected chi connectivity index (χ1v) is 16.0. The van der Waals surface area contributed by atoms with Crippen molar-refractivity contribution < 1.29 is 13.6 Å². The zero-order chi connectivity index (χ0) is 31.9. The van der Waals surface area contributed by atoms with Crippen molar-refractivity contribution in [3.8, 4) is 17.3 Å². The van der Waals surface area contributed by atoms with E-state index in [2.05, 4.69) is 27.8 Å². The van der Waals surface area contributed by atoms with Crippen LogP contribution in [0.3, 0.4) is 0 Å². The van der Waals surface area contributed by atoms with Gasteiger partial charge in [0.1, 0.15) is 17.0 Å². The average Bonchev–Trinajstić information content (AvgIpc) is 3.91. The van der Waals surface area contributed by atoms with Crippen molar-refractivity contribution in [2.24, 2.45) is 0 Å². The van der Waals surface area contributed by atoms with E-state index in [1.807, 2.05) is 29.2 Å². The van der Waals surface area contributed by atoms with Gasteiger partial charge in [-0.3, -0.25) is 9.78 Å². The fourth-order valence-corrected chi connectivity index (χ4v) is 7.09. The van der Waals surface area contributed by atoms with Gasteiger partial charge in [0.25, 0.3) is 5.91 Å². The van der Waals surface area contributed by atoms with Gasteiger partial charge in [-0.15, -0.1) is 0 Å². The van der Waals surface area contributed by atoms with Crippen molar-refractivity contribution in [1.29, 1.82) is 5.26 Å². The molecule has 1 N–H and O–H groups in total. The first-order valence-electron chi connectivity index (χ1n) is 15.6. The molecule has 12 heteroatoms. The lowest BCUT2D eigenvalue weighted by atomic mass is 10.0. The van der Waals surface area contributed by atoms with Crippen molar-refractivity contribution in [3.63, 3.8) is 0 Å². The normalized spacial score (nSPS) is 19.4. The molecule has 2 saturated heterocycles. The van der Waals surface area contributed by atoms with Gasteiger partial charge >= 0.3 is 0 Å². The Bertz CT molecular complexity index is 1880. The van der Waals surface area contributed by atoms with Crippen LogP contribution in [0, 0.1) is 17.1 Å². The number of fused-ring (bicyclic) bond motifs is 2.